The lowest BCUT2D eigenvalue weighted by molar-refractivity contribution is 0.248. The van der Waals surface area contributed by atoms with Crippen LogP contribution in [0.25, 0.3) is 10.8 Å². The summed E-state index contributed by atoms with van der Waals surface area (Å²) in [6.45, 7) is 4.46. The van der Waals surface area contributed by atoms with Crippen molar-refractivity contribution >= 4 is 10.8 Å². The van der Waals surface area contributed by atoms with Crippen molar-refractivity contribution in [3.05, 3.63) is 82.7 Å². The highest BCUT2D eigenvalue weighted by molar-refractivity contribution is 5.85. The molecule has 0 spiro atoms. The Morgan fingerprint density at radius 2 is 1.38 bits per heavy atom. The summed E-state index contributed by atoms with van der Waals surface area (Å²) in [6.07, 6.45) is 18.8. The number of aryl methyl sites for hydroxylation is 2. The van der Waals surface area contributed by atoms with E-state index in [0.717, 1.165) is 42.0 Å². The fourth-order valence-electron chi connectivity index (χ4n) is 5.99. The zero-order valence-corrected chi connectivity index (χ0v) is 23.1. The Morgan fingerprint density at radius 1 is 0.676 bits per heavy atom. The summed E-state index contributed by atoms with van der Waals surface area (Å²) >= 11 is 0. The second kappa shape index (κ2) is 14.4. The van der Waals surface area contributed by atoms with E-state index in [9.17, 15) is 0 Å². The number of unbranched alkanes of at least 4 members (excludes halogenated alkanes) is 4. The molecule has 1 fully saturated rings. The molecule has 0 saturated heterocycles. The number of rotatable bonds is 11. The van der Waals surface area contributed by atoms with E-state index in [1.54, 1.807) is 0 Å². The lowest BCUT2D eigenvalue weighted by Crippen LogP contribution is -2.15. The largest absolute Gasteiger partial charge is 0.205 e. The number of halogens is 1. The van der Waals surface area contributed by atoms with Crippen molar-refractivity contribution < 1.29 is 4.39 Å². The van der Waals surface area contributed by atoms with Gasteiger partial charge in [0.2, 0.25) is 0 Å². The van der Waals surface area contributed by atoms with Crippen LogP contribution in [0, 0.1) is 29.5 Å². The van der Waals surface area contributed by atoms with Crippen LogP contribution < -0.4 is 0 Å². The maximum absolute atomic E-state index is 15.1. The van der Waals surface area contributed by atoms with Gasteiger partial charge < -0.3 is 0 Å². The van der Waals surface area contributed by atoms with Gasteiger partial charge in [-0.1, -0.05) is 133 Å². The maximum atomic E-state index is 15.1. The molecular weight excluding hydrogens is 451 g/mol. The number of benzene rings is 3. The minimum absolute atomic E-state index is 0.212. The van der Waals surface area contributed by atoms with E-state index in [1.807, 2.05) is 24.3 Å². The fourth-order valence-corrected chi connectivity index (χ4v) is 5.99. The average Bonchev–Trinajstić information content (AvgIpc) is 2.93. The highest BCUT2D eigenvalue weighted by atomic mass is 19.1. The first-order valence-corrected chi connectivity index (χ1v) is 15.0. The molecular formula is C36H45F. The van der Waals surface area contributed by atoms with Crippen LogP contribution in [0.4, 0.5) is 4.39 Å². The van der Waals surface area contributed by atoms with Crippen LogP contribution in [-0.2, 0) is 12.8 Å². The molecule has 0 aliphatic heterocycles. The molecule has 196 valence electrons. The van der Waals surface area contributed by atoms with Crippen molar-refractivity contribution in [3.8, 4) is 11.8 Å². The van der Waals surface area contributed by atoms with Gasteiger partial charge in [-0.2, -0.15) is 0 Å². The molecule has 4 rings (SSSR count). The minimum Gasteiger partial charge on any atom is -0.205 e. The smallest absolute Gasteiger partial charge is 0.146 e. The SMILES string of the molecule is CCCCCCCC1CCC(CCc2ccc(C#Cc3ccc4cc(CCC)ccc4c3F)cc2)CC1. The van der Waals surface area contributed by atoms with Crippen molar-refractivity contribution in [3.63, 3.8) is 0 Å². The number of hydrogen-bond acceptors (Lipinski definition) is 0. The molecule has 0 unspecified atom stereocenters. The summed E-state index contributed by atoms with van der Waals surface area (Å²) in [7, 11) is 0. The Labute approximate surface area is 225 Å². The van der Waals surface area contributed by atoms with Gasteiger partial charge in [-0.3, -0.25) is 0 Å². The molecule has 0 N–H and O–H groups in total. The zero-order valence-electron chi connectivity index (χ0n) is 23.1. The summed E-state index contributed by atoms with van der Waals surface area (Å²) in [4.78, 5) is 0. The van der Waals surface area contributed by atoms with E-state index in [1.165, 1.54) is 81.8 Å². The molecule has 0 radical (unpaired) electrons. The van der Waals surface area contributed by atoms with Gasteiger partial charge in [-0.05, 0) is 65.8 Å². The summed E-state index contributed by atoms with van der Waals surface area (Å²) in [5.41, 5.74) is 4.06. The van der Waals surface area contributed by atoms with E-state index in [0.29, 0.717) is 10.9 Å². The van der Waals surface area contributed by atoms with E-state index < -0.39 is 0 Å². The topological polar surface area (TPSA) is 0 Å². The van der Waals surface area contributed by atoms with Gasteiger partial charge in [0, 0.05) is 10.9 Å². The van der Waals surface area contributed by atoms with E-state index >= 15 is 4.39 Å². The second-order valence-corrected chi connectivity index (χ2v) is 11.3. The first kappa shape index (κ1) is 27.4. The summed E-state index contributed by atoms with van der Waals surface area (Å²) in [5.74, 6) is 7.91. The molecule has 0 nitrogen and oxygen atoms in total. The van der Waals surface area contributed by atoms with E-state index in [4.69, 9.17) is 0 Å². The van der Waals surface area contributed by atoms with Crippen LogP contribution in [0.2, 0.25) is 0 Å². The van der Waals surface area contributed by atoms with Gasteiger partial charge in [0.25, 0.3) is 0 Å². The molecule has 1 heteroatoms. The maximum Gasteiger partial charge on any atom is 0.146 e. The fraction of sp³-hybridized carbons (Fsp3) is 0.500. The standard InChI is InChI=1S/C36H45F/c1-3-5-6-7-8-10-28-11-13-29(14-12-28)15-16-30-17-19-31(20-18-30)21-23-33-24-25-34-27-32(9-4-2)22-26-35(34)36(33)37/h17-20,22,24-29H,3-16H2,1-2H3. The molecule has 1 aliphatic rings. The lowest BCUT2D eigenvalue weighted by Gasteiger charge is -2.28. The molecule has 1 aliphatic carbocycles. The Kier molecular flexibility index (Phi) is 10.7. The van der Waals surface area contributed by atoms with Crippen molar-refractivity contribution in [1.29, 1.82) is 0 Å². The van der Waals surface area contributed by atoms with Crippen LogP contribution in [-0.4, -0.2) is 0 Å². The Morgan fingerprint density at radius 3 is 2.11 bits per heavy atom. The third-order valence-electron chi connectivity index (χ3n) is 8.38. The normalized spacial score (nSPS) is 17.5. The lowest BCUT2D eigenvalue weighted by atomic mass is 9.77. The molecule has 3 aromatic rings. The molecule has 1 saturated carbocycles. The quantitative estimate of drug-likeness (QED) is 0.183. The van der Waals surface area contributed by atoms with Crippen molar-refractivity contribution in [2.75, 3.05) is 0 Å². The van der Waals surface area contributed by atoms with Crippen LogP contribution in [0.15, 0.2) is 54.6 Å². The summed E-state index contributed by atoms with van der Waals surface area (Å²) in [6, 6.07) is 18.4. The van der Waals surface area contributed by atoms with Gasteiger partial charge in [-0.15, -0.1) is 0 Å². The molecule has 0 aromatic heterocycles. The van der Waals surface area contributed by atoms with Gasteiger partial charge in [0.05, 0.1) is 5.56 Å². The monoisotopic (exact) mass is 496 g/mol. The van der Waals surface area contributed by atoms with Gasteiger partial charge >= 0.3 is 0 Å². The van der Waals surface area contributed by atoms with Gasteiger partial charge in [0.15, 0.2) is 0 Å². The van der Waals surface area contributed by atoms with E-state index in [-0.39, 0.29) is 5.82 Å². The number of fused-ring (bicyclic) bond motifs is 1. The predicted molar refractivity (Wildman–Crippen MR) is 157 cm³/mol. The second-order valence-electron chi connectivity index (χ2n) is 11.3. The molecule has 37 heavy (non-hydrogen) atoms. The minimum atomic E-state index is -0.212. The molecule has 3 aromatic carbocycles. The number of hydrogen-bond donors (Lipinski definition) is 0. The van der Waals surface area contributed by atoms with Gasteiger partial charge in [0.1, 0.15) is 5.82 Å². The third kappa shape index (κ3) is 8.20. The molecule has 0 atom stereocenters. The third-order valence-corrected chi connectivity index (χ3v) is 8.38. The highest BCUT2D eigenvalue weighted by Gasteiger charge is 2.20. The molecule has 0 bridgehead atoms. The summed E-state index contributed by atoms with van der Waals surface area (Å²) in [5, 5.41) is 1.61. The van der Waals surface area contributed by atoms with Crippen LogP contribution >= 0.6 is 0 Å². The molecule has 0 heterocycles. The zero-order chi connectivity index (χ0) is 25.9. The summed E-state index contributed by atoms with van der Waals surface area (Å²) < 4.78 is 15.1. The van der Waals surface area contributed by atoms with Crippen LogP contribution in [0.1, 0.15) is 113 Å². The first-order valence-electron chi connectivity index (χ1n) is 15.0. The van der Waals surface area contributed by atoms with Gasteiger partial charge in [-0.25, -0.2) is 4.39 Å². The van der Waals surface area contributed by atoms with Crippen molar-refractivity contribution in [1.82, 2.24) is 0 Å². The average molecular weight is 497 g/mol. The Hall–Kier alpha value is -2.59. The highest BCUT2D eigenvalue weighted by Crippen LogP contribution is 2.34. The first-order chi connectivity index (χ1) is 18.2. The van der Waals surface area contributed by atoms with E-state index in [2.05, 4.69) is 56.0 Å². The van der Waals surface area contributed by atoms with Crippen molar-refractivity contribution in [2.24, 2.45) is 11.8 Å². The Bertz CT molecular complexity index is 1170. The van der Waals surface area contributed by atoms with Crippen LogP contribution in [0.5, 0.6) is 0 Å². The Balaban J connectivity index is 1.25. The predicted octanol–water partition coefficient (Wildman–Crippen LogP) is 10.4. The van der Waals surface area contributed by atoms with Crippen molar-refractivity contribution in [2.45, 2.75) is 104 Å². The van der Waals surface area contributed by atoms with Crippen LogP contribution in [0.3, 0.4) is 0 Å². The molecule has 0 amide bonds.